The second kappa shape index (κ2) is 9.13. The first-order valence-corrected chi connectivity index (χ1v) is 10.4. The number of carbonyl (C=O) groups is 1. The van der Waals surface area contributed by atoms with Crippen molar-refractivity contribution >= 4 is 23.4 Å². The highest BCUT2D eigenvalue weighted by atomic mass is 32.2. The molecule has 138 valence electrons. The largest absolute Gasteiger partial charge is 0.372 e. The first-order chi connectivity index (χ1) is 12.6. The molecular formula is C22H28N2OS. The molecule has 3 nitrogen and oxygen atoms in total. The van der Waals surface area contributed by atoms with Gasteiger partial charge in [-0.25, -0.2) is 0 Å². The lowest BCUT2D eigenvalue weighted by atomic mass is 9.98. The van der Waals surface area contributed by atoms with Crippen LogP contribution in [-0.4, -0.2) is 24.7 Å². The summed E-state index contributed by atoms with van der Waals surface area (Å²) in [6.07, 6.45) is 2.54. The van der Waals surface area contributed by atoms with Crippen molar-refractivity contribution in [2.45, 2.75) is 37.6 Å². The van der Waals surface area contributed by atoms with Crippen LogP contribution in [0, 0.1) is 5.92 Å². The van der Waals surface area contributed by atoms with Crippen LogP contribution in [0.4, 0.5) is 5.69 Å². The first kappa shape index (κ1) is 18.8. The molecule has 0 aliphatic carbocycles. The maximum Gasteiger partial charge on any atom is 0.230 e. The molecule has 0 radical (unpaired) electrons. The quantitative estimate of drug-likeness (QED) is 0.737. The third-order valence-electron chi connectivity index (χ3n) is 5.03. The Balaban J connectivity index is 1.49. The number of hydrogen-bond donors (Lipinski definition) is 1. The SMILES string of the molecule is CC1CCN(c2ccc([C@@H](C)NC(=O)CSc3ccccc3)cc2)CC1. The number of thioether (sulfide) groups is 1. The van der Waals surface area contributed by atoms with Crippen molar-refractivity contribution in [2.24, 2.45) is 5.92 Å². The van der Waals surface area contributed by atoms with Crippen LogP contribution in [0.5, 0.6) is 0 Å². The zero-order valence-corrected chi connectivity index (χ0v) is 16.5. The van der Waals surface area contributed by atoms with Crippen molar-refractivity contribution in [3.63, 3.8) is 0 Å². The molecule has 1 aliphatic heterocycles. The van der Waals surface area contributed by atoms with Gasteiger partial charge in [0.05, 0.1) is 11.8 Å². The van der Waals surface area contributed by atoms with Gasteiger partial charge in [0.1, 0.15) is 0 Å². The molecule has 0 aromatic heterocycles. The molecule has 1 aliphatic rings. The predicted molar refractivity (Wildman–Crippen MR) is 111 cm³/mol. The van der Waals surface area contributed by atoms with Gasteiger partial charge in [0.15, 0.2) is 0 Å². The van der Waals surface area contributed by atoms with Crippen molar-refractivity contribution in [3.8, 4) is 0 Å². The Kier molecular flexibility index (Phi) is 6.62. The number of amides is 1. The van der Waals surface area contributed by atoms with Gasteiger partial charge in [0.2, 0.25) is 5.91 Å². The van der Waals surface area contributed by atoms with Crippen molar-refractivity contribution in [2.75, 3.05) is 23.7 Å². The standard InChI is InChI=1S/C22H28N2OS/c1-17-12-14-24(15-13-17)20-10-8-19(9-11-20)18(2)23-22(25)16-26-21-6-4-3-5-7-21/h3-11,17-18H,12-16H2,1-2H3,(H,23,25)/t18-/m1/s1. The maximum atomic E-state index is 12.2. The molecule has 1 amide bonds. The highest BCUT2D eigenvalue weighted by molar-refractivity contribution is 8.00. The van der Waals surface area contributed by atoms with Gasteiger partial charge in [-0.3, -0.25) is 4.79 Å². The highest BCUT2D eigenvalue weighted by Crippen LogP contribution is 2.25. The minimum absolute atomic E-state index is 0.0225. The van der Waals surface area contributed by atoms with E-state index in [-0.39, 0.29) is 11.9 Å². The number of piperidine rings is 1. The normalized spacial score (nSPS) is 16.3. The van der Waals surface area contributed by atoms with E-state index < -0.39 is 0 Å². The molecule has 1 saturated heterocycles. The molecule has 2 aromatic rings. The smallest absolute Gasteiger partial charge is 0.230 e. The van der Waals surface area contributed by atoms with Crippen LogP contribution in [0.1, 0.15) is 38.3 Å². The Labute approximate surface area is 161 Å². The minimum atomic E-state index is 0.0225. The molecule has 0 unspecified atom stereocenters. The zero-order chi connectivity index (χ0) is 18.4. The Morgan fingerprint density at radius 2 is 1.77 bits per heavy atom. The Morgan fingerprint density at radius 3 is 2.42 bits per heavy atom. The summed E-state index contributed by atoms with van der Waals surface area (Å²) >= 11 is 1.57. The summed E-state index contributed by atoms with van der Waals surface area (Å²) in [4.78, 5) is 15.8. The molecule has 4 heteroatoms. The Morgan fingerprint density at radius 1 is 1.12 bits per heavy atom. The second-order valence-corrected chi connectivity index (χ2v) is 8.20. The Bertz CT molecular complexity index is 694. The van der Waals surface area contributed by atoms with Crippen LogP contribution >= 0.6 is 11.8 Å². The molecule has 0 bridgehead atoms. The minimum Gasteiger partial charge on any atom is -0.372 e. The lowest BCUT2D eigenvalue weighted by Gasteiger charge is -2.32. The molecule has 0 saturated carbocycles. The Hall–Kier alpha value is -1.94. The van der Waals surface area contributed by atoms with Crippen LogP contribution in [0.2, 0.25) is 0 Å². The van der Waals surface area contributed by atoms with Gasteiger partial charge in [0.25, 0.3) is 0 Å². The van der Waals surface area contributed by atoms with E-state index in [1.165, 1.54) is 18.5 Å². The lowest BCUT2D eigenvalue weighted by molar-refractivity contribution is -0.119. The first-order valence-electron chi connectivity index (χ1n) is 9.44. The van der Waals surface area contributed by atoms with E-state index in [1.54, 1.807) is 11.8 Å². The van der Waals surface area contributed by atoms with Crippen LogP contribution in [0.15, 0.2) is 59.5 Å². The monoisotopic (exact) mass is 368 g/mol. The van der Waals surface area contributed by atoms with Crippen molar-refractivity contribution in [1.82, 2.24) is 5.32 Å². The van der Waals surface area contributed by atoms with E-state index in [2.05, 4.69) is 41.4 Å². The molecule has 1 heterocycles. The van der Waals surface area contributed by atoms with Gasteiger partial charge >= 0.3 is 0 Å². The number of carbonyl (C=O) groups excluding carboxylic acids is 1. The molecule has 2 aromatic carbocycles. The molecule has 0 spiro atoms. The summed E-state index contributed by atoms with van der Waals surface area (Å²) in [5.41, 5.74) is 2.44. The fraction of sp³-hybridized carbons (Fsp3) is 0.409. The van der Waals surface area contributed by atoms with E-state index in [0.717, 1.165) is 29.5 Å². The van der Waals surface area contributed by atoms with Crippen LogP contribution in [-0.2, 0) is 4.79 Å². The average molecular weight is 369 g/mol. The van der Waals surface area contributed by atoms with Gasteiger partial charge in [-0.2, -0.15) is 0 Å². The third-order valence-corrected chi connectivity index (χ3v) is 6.04. The number of nitrogens with one attached hydrogen (secondary N) is 1. The van der Waals surface area contributed by atoms with Gasteiger partial charge in [-0.1, -0.05) is 37.3 Å². The number of benzene rings is 2. The fourth-order valence-electron chi connectivity index (χ4n) is 3.27. The predicted octanol–water partition coefficient (Wildman–Crippen LogP) is 4.89. The number of anilines is 1. The van der Waals surface area contributed by atoms with E-state index in [1.807, 2.05) is 37.3 Å². The number of nitrogens with zero attached hydrogens (tertiary/aromatic N) is 1. The summed E-state index contributed by atoms with van der Waals surface area (Å²) in [6, 6.07) is 18.7. The van der Waals surface area contributed by atoms with E-state index in [4.69, 9.17) is 0 Å². The van der Waals surface area contributed by atoms with Crippen LogP contribution < -0.4 is 10.2 Å². The highest BCUT2D eigenvalue weighted by Gasteiger charge is 2.16. The van der Waals surface area contributed by atoms with Gasteiger partial charge < -0.3 is 10.2 Å². The molecule has 26 heavy (non-hydrogen) atoms. The summed E-state index contributed by atoms with van der Waals surface area (Å²) in [5.74, 6) is 1.35. The summed E-state index contributed by atoms with van der Waals surface area (Å²) in [6.45, 7) is 6.66. The molecular weight excluding hydrogens is 340 g/mol. The van der Waals surface area contributed by atoms with Gasteiger partial charge in [-0.05, 0) is 55.5 Å². The number of hydrogen-bond acceptors (Lipinski definition) is 3. The van der Waals surface area contributed by atoms with Crippen molar-refractivity contribution < 1.29 is 4.79 Å². The number of rotatable bonds is 6. The van der Waals surface area contributed by atoms with Crippen LogP contribution in [0.3, 0.4) is 0 Å². The maximum absolute atomic E-state index is 12.2. The zero-order valence-electron chi connectivity index (χ0n) is 15.7. The topological polar surface area (TPSA) is 32.3 Å². The van der Waals surface area contributed by atoms with E-state index in [0.29, 0.717) is 5.75 Å². The van der Waals surface area contributed by atoms with Crippen LogP contribution in [0.25, 0.3) is 0 Å². The van der Waals surface area contributed by atoms with E-state index in [9.17, 15) is 4.79 Å². The van der Waals surface area contributed by atoms with Gasteiger partial charge in [0, 0.05) is 23.7 Å². The molecule has 3 rings (SSSR count). The second-order valence-electron chi connectivity index (χ2n) is 7.15. The fourth-order valence-corrected chi connectivity index (χ4v) is 4.00. The summed E-state index contributed by atoms with van der Waals surface area (Å²) in [5, 5.41) is 3.10. The average Bonchev–Trinajstić information content (AvgIpc) is 2.68. The van der Waals surface area contributed by atoms with E-state index >= 15 is 0 Å². The van der Waals surface area contributed by atoms with Crippen molar-refractivity contribution in [3.05, 3.63) is 60.2 Å². The summed E-state index contributed by atoms with van der Waals surface area (Å²) in [7, 11) is 0. The molecule has 1 fully saturated rings. The van der Waals surface area contributed by atoms with Gasteiger partial charge in [-0.15, -0.1) is 11.8 Å². The third kappa shape index (κ3) is 5.28. The molecule has 1 N–H and O–H groups in total. The lowest BCUT2D eigenvalue weighted by Crippen LogP contribution is -2.32. The summed E-state index contributed by atoms with van der Waals surface area (Å²) < 4.78 is 0. The molecule has 1 atom stereocenters. The van der Waals surface area contributed by atoms with Crippen molar-refractivity contribution in [1.29, 1.82) is 0 Å².